The molecule has 1 atom stereocenters. The van der Waals surface area contributed by atoms with Gasteiger partial charge in [-0.1, -0.05) is 12.1 Å². The predicted molar refractivity (Wildman–Crippen MR) is 99.4 cm³/mol. The summed E-state index contributed by atoms with van der Waals surface area (Å²) in [6.45, 7) is 4.04. The van der Waals surface area contributed by atoms with Crippen LogP contribution >= 0.6 is 0 Å². The van der Waals surface area contributed by atoms with Crippen LogP contribution in [-0.4, -0.2) is 34.8 Å². The molecule has 1 aliphatic rings. The lowest BCUT2D eigenvalue weighted by molar-refractivity contribution is -0.118. The number of halogens is 1. The number of amides is 1. The molecule has 6 nitrogen and oxygen atoms in total. The molecule has 0 bridgehead atoms. The van der Waals surface area contributed by atoms with Gasteiger partial charge in [-0.25, -0.2) is 4.39 Å². The molecular formula is C20H23FN2O4. The van der Waals surface area contributed by atoms with E-state index in [0.29, 0.717) is 23.4 Å². The number of aromatic hydroxyl groups is 1. The number of nitrogens with one attached hydrogen (secondary N) is 2. The Bertz CT molecular complexity index is 837. The van der Waals surface area contributed by atoms with E-state index in [4.69, 9.17) is 4.74 Å². The summed E-state index contributed by atoms with van der Waals surface area (Å²) in [5, 5.41) is 26.4. The first-order valence-electron chi connectivity index (χ1n) is 8.70. The molecule has 27 heavy (non-hydrogen) atoms. The third-order valence-electron chi connectivity index (χ3n) is 4.42. The lowest BCUT2D eigenvalue weighted by Gasteiger charge is -2.29. The molecule has 0 radical (unpaired) electrons. The number of aliphatic hydroxyl groups excluding tert-OH is 1. The lowest BCUT2D eigenvalue weighted by Crippen LogP contribution is -2.43. The Morgan fingerprint density at radius 3 is 2.70 bits per heavy atom. The maximum absolute atomic E-state index is 13.0. The van der Waals surface area contributed by atoms with Crippen molar-refractivity contribution in [1.29, 1.82) is 0 Å². The molecule has 0 spiro atoms. The van der Waals surface area contributed by atoms with E-state index in [2.05, 4.69) is 10.6 Å². The van der Waals surface area contributed by atoms with Gasteiger partial charge in [0.25, 0.3) is 5.91 Å². The fourth-order valence-corrected chi connectivity index (χ4v) is 3.12. The van der Waals surface area contributed by atoms with Crippen LogP contribution in [0.15, 0.2) is 36.4 Å². The van der Waals surface area contributed by atoms with Crippen LogP contribution < -0.4 is 15.4 Å². The van der Waals surface area contributed by atoms with Crippen LogP contribution in [0.1, 0.15) is 31.1 Å². The molecule has 7 heteroatoms. The standard InChI is InChI=1S/C20H23FN2O4/c1-20(2,9-12-3-5-13(21)6-4-12)22-10-17(25)15-7-14(24)8-16-19(15)27-11-18(26)23-16/h3-8,17,22,24-25H,9-11H2,1-2H3,(H,23,26). The number of carbonyl (C=O) groups excluding carboxylic acids is 1. The topological polar surface area (TPSA) is 90.8 Å². The summed E-state index contributed by atoms with van der Waals surface area (Å²) in [5.41, 5.74) is 1.36. The third kappa shape index (κ3) is 4.75. The van der Waals surface area contributed by atoms with Crippen LogP contribution in [0, 0.1) is 5.82 Å². The first kappa shape index (κ1) is 19.1. The van der Waals surface area contributed by atoms with Crippen molar-refractivity contribution in [3.63, 3.8) is 0 Å². The highest BCUT2D eigenvalue weighted by molar-refractivity contribution is 5.96. The van der Waals surface area contributed by atoms with Gasteiger partial charge < -0.3 is 25.6 Å². The lowest BCUT2D eigenvalue weighted by atomic mass is 9.94. The number of phenols is 1. The molecule has 0 saturated heterocycles. The average Bonchev–Trinajstić information content (AvgIpc) is 2.60. The monoisotopic (exact) mass is 374 g/mol. The molecule has 2 aromatic carbocycles. The summed E-state index contributed by atoms with van der Waals surface area (Å²) < 4.78 is 18.5. The molecular weight excluding hydrogens is 351 g/mol. The van der Waals surface area contributed by atoms with Crippen LogP contribution in [0.25, 0.3) is 0 Å². The minimum absolute atomic E-state index is 0.0702. The van der Waals surface area contributed by atoms with Gasteiger partial charge in [0.1, 0.15) is 17.3 Å². The van der Waals surface area contributed by atoms with Crippen molar-refractivity contribution in [2.75, 3.05) is 18.5 Å². The van der Waals surface area contributed by atoms with Crippen molar-refractivity contribution in [1.82, 2.24) is 5.32 Å². The highest BCUT2D eigenvalue weighted by atomic mass is 19.1. The van der Waals surface area contributed by atoms with Gasteiger partial charge in [0.15, 0.2) is 6.61 Å². The van der Waals surface area contributed by atoms with Gasteiger partial charge in [-0.05, 0) is 44.0 Å². The fourth-order valence-electron chi connectivity index (χ4n) is 3.12. The van der Waals surface area contributed by atoms with Crippen LogP contribution in [-0.2, 0) is 11.2 Å². The summed E-state index contributed by atoms with van der Waals surface area (Å²) in [7, 11) is 0. The van der Waals surface area contributed by atoms with Gasteiger partial charge in [-0.15, -0.1) is 0 Å². The van der Waals surface area contributed by atoms with Crippen molar-refractivity contribution in [3.8, 4) is 11.5 Å². The Morgan fingerprint density at radius 1 is 1.30 bits per heavy atom. The van der Waals surface area contributed by atoms with E-state index in [0.717, 1.165) is 5.56 Å². The van der Waals surface area contributed by atoms with Crippen LogP contribution in [0.5, 0.6) is 11.5 Å². The van der Waals surface area contributed by atoms with Gasteiger partial charge in [0.2, 0.25) is 0 Å². The molecule has 1 unspecified atom stereocenters. The minimum atomic E-state index is -0.951. The minimum Gasteiger partial charge on any atom is -0.508 e. The smallest absolute Gasteiger partial charge is 0.262 e. The maximum Gasteiger partial charge on any atom is 0.262 e. The van der Waals surface area contributed by atoms with E-state index >= 15 is 0 Å². The van der Waals surface area contributed by atoms with E-state index in [9.17, 15) is 19.4 Å². The van der Waals surface area contributed by atoms with Gasteiger partial charge in [0, 0.05) is 23.7 Å². The van der Waals surface area contributed by atoms with Gasteiger partial charge in [-0.3, -0.25) is 4.79 Å². The molecule has 1 heterocycles. The van der Waals surface area contributed by atoms with E-state index in [1.165, 1.54) is 24.3 Å². The van der Waals surface area contributed by atoms with E-state index < -0.39 is 6.10 Å². The molecule has 4 N–H and O–H groups in total. The third-order valence-corrected chi connectivity index (χ3v) is 4.42. The Labute approximate surface area is 157 Å². The number of anilines is 1. The Kier molecular flexibility index (Phi) is 5.34. The van der Waals surface area contributed by atoms with Gasteiger partial charge in [-0.2, -0.15) is 0 Å². The number of ether oxygens (including phenoxy) is 1. The Morgan fingerprint density at radius 2 is 2.00 bits per heavy atom. The number of β-amino-alcohol motifs (C(OH)–C–C–N with tert-alkyl or cyclic N) is 1. The number of benzene rings is 2. The second-order valence-electron chi connectivity index (χ2n) is 7.33. The first-order valence-corrected chi connectivity index (χ1v) is 8.70. The van der Waals surface area contributed by atoms with E-state index in [1.54, 1.807) is 12.1 Å². The summed E-state index contributed by atoms with van der Waals surface area (Å²) in [6, 6.07) is 9.12. The van der Waals surface area contributed by atoms with Gasteiger partial charge >= 0.3 is 0 Å². The number of rotatable bonds is 6. The summed E-state index contributed by atoms with van der Waals surface area (Å²) in [4.78, 5) is 11.5. The molecule has 2 aromatic rings. The van der Waals surface area contributed by atoms with Gasteiger partial charge in [0.05, 0.1) is 11.8 Å². The molecule has 0 aliphatic carbocycles. The normalized spacial score (nSPS) is 14.9. The zero-order valence-electron chi connectivity index (χ0n) is 15.3. The van der Waals surface area contributed by atoms with Crippen molar-refractivity contribution >= 4 is 11.6 Å². The second-order valence-corrected chi connectivity index (χ2v) is 7.33. The summed E-state index contributed by atoms with van der Waals surface area (Å²) in [5.74, 6) is -0.301. The van der Waals surface area contributed by atoms with Crippen molar-refractivity contribution in [2.45, 2.75) is 31.9 Å². The Hall–Kier alpha value is -2.64. The largest absolute Gasteiger partial charge is 0.508 e. The highest BCUT2D eigenvalue weighted by Crippen LogP contribution is 2.38. The molecule has 144 valence electrons. The Balaban J connectivity index is 1.69. The SMILES string of the molecule is CC(C)(Cc1ccc(F)cc1)NCC(O)c1cc(O)cc2c1OCC(=O)N2. The van der Waals surface area contributed by atoms with Crippen LogP contribution in [0.2, 0.25) is 0 Å². The molecule has 1 amide bonds. The zero-order chi connectivity index (χ0) is 19.6. The molecule has 0 fully saturated rings. The molecule has 1 aliphatic heterocycles. The van der Waals surface area contributed by atoms with E-state index in [1.807, 2.05) is 13.8 Å². The van der Waals surface area contributed by atoms with Crippen molar-refractivity contribution in [2.24, 2.45) is 0 Å². The van der Waals surface area contributed by atoms with Crippen molar-refractivity contribution in [3.05, 3.63) is 53.3 Å². The molecule has 0 aromatic heterocycles. The maximum atomic E-state index is 13.0. The quantitative estimate of drug-likeness (QED) is 0.624. The first-order chi connectivity index (χ1) is 12.7. The predicted octanol–water partition coefficient (Wildman–Crippen LogP) is 2.51. The van der Waals surface area contributed by atoms with Crippen molar-refractivity contribution < 1.29 is 24.1 Å². The summed E-state index contributed by atoms with van der Waals surface area (Å²) in [6.07, 6.45) is -0.307. The fraction of sp³-hybridized carbons (Fsp3) is 0.350. The van der Waals surface area contributed by atoms with E-state index in [-0.39, 0.29) is 36.2 Å². The number of phenolic OH excluding ortho intramolecular Hbond substituents is 1. The average molecular weight is 374 g/mol. The zero-order valence-corrected chi connectivity index (χ0v) is 15.3. The molecule has 0 saturated carbocycles. The highest BCUT2D eigenvalue weighted by Gasteiger charge is 2.26. The van der Waals surface area contributed by atoms with Crippen LogP contribution in [0.3, 0.4) is 0 Å². The number of carbonyl (C=O) groups is 1. The number of hydrogen-bond acceptors (Lipinski definition) is 5. The number of aliphatic hydroxyl groups is 1. The summed E-state index contributed by atoms with van der Waals surface area (Å²) >= 11 is 0. The second kappa shape index (κ2) is 7.54. The number of hydrogen-bond donors (Lipinski definition) is 4. The molecule has 3 rings (SSSR count). The number of fused-ring (bicyclic) bond motifs is 1. The van der Waals surface area contributed by atoms with Crippen LogP contribution in [0.4, 0.5) is 10.1 Å².